The first-order chi connectivity index (χ1) is 18.7. The number of alkyl carbamates (subject to hydrolysis) is 1. The van der Waals surface area contributed by atoms with Crippen molar-refractivity contribution in [1.29, 1.82) is 0 Å². The van der Waals surface area contributed by atoms with Crippen molar-refractivity contribution in [2.45, 2.75) is 66.6 Å². The Hall–Kier alpha value is -4.07. The van der Waals surface area contributed by atoms with Crippen molar-refractivity contribution in [1.82, 2.24) is 15.5 Å². The fourth-order valence-corrected chi connectivity index (χ4v) is 4.15. The van der Waals surface area contributed by atoms with Gasteiger partial charge in [0.15, 0.2) is 0 Å². The Morgan fingerprint density at radius 1 is 1.18 bits per heavy atom. The van der Waals surface area contributed by atoms with Gasteiger partial charge in [-0.25, -0.2) is 9.59 Å². The number of rotatable bonds is 10. The summed E-state index contributed by atoms with van der Waals surface area (Å²) in [5.41, 5.74) is 3.67. The van der Waals surface area contributed by atoms with E-state index in [0.717, 1.165) is 23.1 Å². The number of hydrogen-bond acceptors (Lipinski definition) is 6. The molecule has 1 aromatic carbocycles. The SMILES string of the molecule is C=C/C=C(\C(C)OC(=O)c1ccc(C)cc1C)[C@@H](CNC(=O)OC(C)(C)C)C(=O)NC1=CN(C)C=CC(CC)=C1. The van der Waals surface area contributed by atoms with Crippen LogP contribution in [0.15, 0.2) is 78.3 Å². The quantitative estimate of drug-likeness (QED) is 0.281. The second-order valence-electron chi connectivity index (χ2n) is 10.8. The highest BCUT2D eigenvalue weighted by Crippen LogP contribution is 2.22. The predicted molar refractivity (Wildman–Crippen MR) is 158 cm³/mol. The standard InChI is InChI=1S/C32H43N3O5/c1-10-12-27(23(5)39-30(37)26-14-13-21(3)17-22(26)4)28(19-33-31(38)40-32(6,7)8)29(36)34-25-18-24(11-2)15-16-35(9)20-25/h10,12-18,20,23,28H,1,11,19H2,2-9H3,(H,33,38)(H,34,36)/b27-12+/t23?,28-/m1/s1. The molecule has 0 aliphatic carbocycles. The summed E-state index contributed by atoms with van der Waals surface area (Å²) >= 11 is 0. The van der Waals surface area contributed by atoms with E-state index in [9.17, 15) is 14.4 Å². The molecule has 0 radical (unpaired) electrons. The number of carbonyl (C=O) groups excluding carboxylic acids is 3. The molecule has 1 heterocycles. The van der Waals surface area contributed by atoms with Crippen molar-refractivity contribution < 1.29 is 23.9 Å². The number of carbonyl (C=O) groups is 3. The van der Waals surface area contributed by atoms with Crippen LogP contribution in [0.4, 0.5) is 4.79 Å². The van der Waals surface area contributed by atoms with E-state index in [1.807, 2.05) is 63.2 Å². The predicted octanol–water partition coefficient (Wildman–Crippen LogP) is 5.86. The molecule has 2 N–H and O–H groups in total. The zero-order chi connectivity index (χ0) is 30.0. The number of aryl methyl sites for hydroxylation is 2. The minimum Gasteiger partial charge on any atom is -0.455 e. The first-order valence-electron chi connectivity index (χ1n) is 13.4. The molecule has 0 bridgehead atoms. The van der Waals surface area contributed by atoms with Crippen LogP contribution >= 0.6 is 0 Å². The van der Waals surface area contributed by atoms with Crippen LogP contribution in [0.2, 0.25) is 0 Å². The zero-order valence-corrected chi connectivity index (χ0v) is 25.0. The van der Waals surface area contributed by atoms with Gasteiger partial charge in [0, 0.05) is 26.0 Å². The summed E-state index contributed by atoms with van der Waals surface area (Å²) in [5, 5.41) is 5.67. The third-order valence-electron chi connectivity index (χ3n) is 6.12. The van der Waals surface area contributed by atoms with Gasteiger partial charge in [-0.3, -0.25) is 4.79 Å². The third kappa shape index (κ3) is 9.91. The highest BCUT2D eigenvalue weighted by Gasteiger charge is 2.30. The largest absolute Gasteiger partial charge is 0.455 e. The molecular weight excluding hydrogens is 506 g/mol. The van der Waals surface area contributed by atoms with E-state index in [-0.39, 0.29) is 12.5 Å². The summed E-state index contributed by atoms with van der Waals surface area (Å²) in [7, 11) is 1.87. The molecule has 1 aliphatic rings. The molecule has 216 valence electrons. The third-order valence-corrected chi connectivity index (χ3v) is 6.12. The fourth-order valence-electron chi connectivity index (χ4n) is 4.15. The van der Waals surface area contributed by atoms with E-state index in [2.05, 4.69) is 17.2 Å². The monoisotopic (exact) mass is 549 g/mol. The number of ether oxygens (including phenoxy) is 2. The van der Waals surface area contributed by atoms with Gasteiger partial charge in [-0.2, -0.15) is 0 Å². The molecule has 2 rings (SSSR count). The molecule has 1 aromatic rings. The summed E-state index contributed by atoms with van der Waals surface area (Å²) in [6, 6.07) is 5.49. The first-order valence-corrected chi connectivity index (χ1v) is 13.4. The van der Waals surface area contributed by atoms with E-state index in [1.54, 1.807) is 46.0 Å². The number of hydrogen-bond donors (Lipinski definition) is 2. The topological polar surface area (TPSA) is 97.0 Å². The lowest BCUT2D eigenvalue weighted by Crippen LogP contribution is -2.43. The Kier molecular flexibility index (Phi) is 11.5. The van der Waals surface area contributed by atoms with E-state index in [4.69, 9.17) is 9.47 Å². The molecule has 1 aliphatic heterocycles. The molecule has 0 fully saturated rings. The maximum absolute atomic E-state index is 13.8. The number of allylic oxidation sites excluding steroid dienone is 5. The van der Waals surface area contributed by atoms with E-state index in [0.29, 0.717) is 16.8 Å². The Balaban J connectivity index is 2.38. The summed E-state index contributed by atoms with van der Waals surface area (Å²) in [5.74, 6) is -1.78. The first kappa shape index (κ1) is 32.1. The minimum absolute atomic E-state index is 0.0857. The number of amides is 2. The lowest BCUT2D eigenvalue weighted by atomic mass is 9.92. The number of esters is 1. The normalized spacial score (nSPS) is 15.2. The van der Waals surface area contributed by atoms with Crippen LogP contribution in [0.3, 0.4) is 0 Å². The van der Waals surface area contributed by atoms with Crippen molar-refractivity contribution in [3.05, 3.63) is 95.0 Å². The molecule has 0 saturated carbocycles. The molecule has 40 heavy (non-hydrogen) atoms. The smallest absolute Gasteiger partial charge is 0.407 e. The molecular formula is C32H43N3O5. The second kappa shape index (κ2) is 14.4. The molecule has 2 amide bonds. The van der Waals surface area contributed by atoms with Gasteiger partial charge in [0.05, 0.1) is 17.2 Å². The maximum atomic E-state index is 13.8. The number of benzene rings is 1. The van der Waals surface area contributed by atoms with Gasteiger partial charge in [0.25, 0.3) is 0 Å². The molecule has 0 saturated heterocycles. The van der Waals surface area contributed by atoms with Gasteiger partial charge in [-0.05, 0) is 82.9 Å². The molecule has 1 unspecified atom stereocenters. The lowest BCUT2D eigenvalue weighted by Gasteiger charge is -2.26. The van der Waals surface area contributed by atoms with E-state index in [1.165, 1.54) is 6.08 Å². The van der Waals surface area contributed by atoms with E-state index < -0.39 is 29.7 Å². The molecule has 2 atom stereocenters. The average molecular weight is 550 g/mol. The van der Waals surface area contributed by atoms with Gasteiger partial charge in [0.1, 0.15) is 11.7 Å². The van der Waals surface area contributed by atoms with Gasteiger partial charge >= 0.3 is 12.1 Å². The highest BCUT2D eigenvalue weighted by atomic mass is 16.6. The maximum Gasteiger partial charge on any atom is 0.407 e. The van der Waals surface area contributed by atoms with Crippen LogP contribution in [0.5, 0.6) is 0 Å². The van der Waals surface area contributed by atoms with Crippen molar-refractivity contribution in [3.8, 4) is 0 Å². The van der Waals surface area contributed by atoms with Crippen LogP contribution in [-0.2, 0) is 14.3 Å². The van der Waals surface area contributed by atoms with Crippen molar-refractivity contribution in [2.24, 2.45) is 5.92 Å². The van der Waals surface area contributed by atoms with Gasteiger partial charge in [0.2, 0.25) is 5.91 Å². The average Bonchev–Trinajstić information content (AvgIpc) is 3.02. The lowest BCUT2D eigenvalue weighted by molar-refractivity contribution is -0.123. The molecule has 0 spiro atoms. The van der Waals surface area contributed by atoms with Crippen molar-refractivity contribution in [3.63, 3.8) is 0 Å². The molecule has 8 heteroatoms. The van der Waals surface area contributed by atoms with Gasteiger partial charge < -0.3 is 25.0 Å². The van der Waals surface area contributed by atoms with E-state index >= 15 is 0 Å². The fraction of sp³-hybridized carbons (Fsp3) is 0.406. The zero-order valence-electron chi connectivity index (χ0n) is 25.0. The summed E-state index contributed by atoms with van der Waals surface area (Å²) in [4.78, 5) is 41.2. The number of nitrogens with zero attached hydrogens (tertiary/aromatic N) is 1. The Morgan fingerprint density at radius 2 is 1.88 bits per heavy atom. The van der Waals surface area contributed by atoms with Crippen LogP contribution in [0.25, 0.3) is 0 Å². The summed E-state index contributed by atoms with van der Waals surface area (Å²) in [6.07, 6.45) is 10.1. The van der Waals surface area contributed by atoms with Crippen LogP contribution in [0, 0.1) is 19.8 Å². The van der Waals surface area contributed by atoms with Crippen molar-refractivity contribution >= 4 is 18.0 Å². The van der Waals surface area contributed by atoms with Gasteiger partial charge in [-0.1, -0.05) is 43.4 Å². The molecule has 0 aromatic heterocycles. The van der Waals surface area contributed by atoms with Gasteiger partial charge in [-0.15, -0.1) is 0 Å². The number of nitrogens with one attached hydrogen (secondary N) is 2. The summed E-state index contributed by atoms with van der Waals surface area (Å²) in [6.45, 7) is 16.5. The van der Waals surface area contributed by atoms with Crippen molar-refractivity contribution in [2.75, 3.05) is 13.6 Å². The Morgan fingerprint density at radius 3 is 2.48 bits per heavy atom. The highest BCUT2D eigenvalue weighted by molar-refractivity contribution is 5.91. The molecule has 8 nitrogen and oxygen atoms in total. The summed E-state index contributed by atoms with van der Waals surface area (Å²) < 4.78 is 11.2. The van der Waals surface area contributed by atoms with Crippen LogP contribution < -0.4 is 10.6 Å². The second-order valence-corrected chi connectivity index (χ2v) is 10.8. The Bertz CT molecular complexity index is 1230. The van der Waals surface area contributed by atoms with Crippen LogP contribution in [-0.4, -0.2) is 48.2 Å². The van der Waals surface area contributed by atoms with Crippen LogP contribution in [0.1, 0.15) is 62.5 Å². The Labute approximate surface area is 238 Å². The minimum atomic E-state index is -0.895.